The first-order chi connectivity index (χ1) is 13.0. The standard InChI is InChI=1S/C22H24FNO3/c1-15(25)17-6-3-5-16(11-17)13-24-10-4-7-19(14-24)22(26)18-8-9-21(27-2)20(23)12-18/h3,5-6,8-9,11-12,19H,4,7,10,13-14H2,1-2H3. The highest BCUT2D eigenvalue weighted by Gasteiger charge is 2.27. The maximum Gasteiger partial charge on any atom is 0.167 e. The lowest BCUT2D eigenvalue weighted by atomic mass is 9.89. The number of likely N-dealkylation sites (tertiary alicyclic amines) is 1. The van der Waals surface area contributed by atoms with Crippen LogP contribution in [0.1, 0.15) is 46.0 Å². The molecule has 0 aromatic heterocycles. The quantitative estimate of drug-likeness (QED) is 0.718. The molecule has 0 aliphatic carbocycles. The zero-order valence-corrected chi connectivity index (χ0v) is 15.7. The van der Waals surface area contributed by atoms with Gasteiger partial charge in [-0.1, -0.05) is 18.2 Å². The number of hydrogen-bond acceptors (Lipinski definition) is 4. The van der Waals surface area contributed by atoms with E-state index in [9.17, 15) is 14.0 Å². The van der Waals surface area contributed by atoms with E-state index in [1.165, 1.54) is 19.2 Å². The molecule has 1 unspecified atom stereocenters. The largest absolute Gasteiger partial charge is 0.494 e. The molecule has 0 spiro atoms. The summed E-state index contributed by atoms with van der Waals surface area (Å²) in [5.41, 5.74) is 2.15. The van der Waals surface area contributed by atoms with Crippen molar-refractivity contribution in [3.05, 3.63) is 65.0 Å². The number of piperidine rings is 1. The van der Waals surface area contributed by atoms with E-state index in [0.717, 1.165) is 24.9 Å². The molecule has 27 heavy (non-hydrogen) atoms. The zero-order valence-electron chi connectivity index (χ0n) is 15.7. The van der Waals surface area contributed by atoms with Gasteiger partial charge in [0.2, 0.25) is 0 Å². The third-order valence-corrected chi connectivity index (χ3v) is 5.05. The van der Waals surface area contributed by atoms with Crippen molar-refractivity contribution in [2.24, 2.45) is 5.92 Å². The number of nitrogens with zero attached hydrogens (tertiary/aromatic N) is 1. The first kappa shape index (κ1) is 19.2. The number of ether oxygens (including phenoxy) is 1. The fourth-order valence-electron chi connectivity index (χ4n) is 3.62. The molecule has 0 N–H and O–H groups in total. The van der Waals surface area contributed by atoms with Crippen molar-refractivity contribution in [2.45, 2.75) is 26.3 Å². The van der Waals surface area contributed by atoms with E-state index >= 15 is 0 Å². The van der Waals surface area contributed by atoms with Gasteiger partial charge in [-0.25, -0.2) is 4.39 Å². The summed E-state index contributed by atoms with van der Waals surface area (Å²) in [6.07, 6.45) is 1.72. The molecule has 4 nitrogen and oxygen atoms in total. The second-order valence-corrected chi connectivity index (χ2v) is 7.04. The van der Waals surface area contributed by atoms with Crippen LogP contribution in [0.2, 0.25) is 0 Å². The Morgan fingerprint density at radius 3 is 2.70 bits per heavy atom. The van der Waals surface area contributed by atoms with Crippen LogP contribution in [0.15, 0.2) is 42.5 Å². The van der Waals surface area contributed by atoms with Gasteiger partial charge in [0.15, 0.2) is 23.1 Å². The van der Waals surface area contributed by atoms with Crippen molar-refractivity contribution in [2.75, 3.05) is 20.2 Å². The number of halogens is 1. The Kier molecular flexibility index (Phi) is 6.01. The van der Waals surface area contributed by atoms with E-state index in [4.69, 9.17) is 4.74 Å². The number of carbonyl (C=O) groups excluding carboxylic acids is 2. The number of hydrogen-bond donors (Lipinski definition) is 0. The second-order valence-electron chi connectivity index (χ2n) is 7.04. The van der Waals surface area contributed by atoms with Gasteiger partial charge < -0.3 is 4.74 Å². The van der Waals surface area contributed by atoms with Gasteiger partial charge in [-0.15, -0.1) is 0 Å². The molecule has 142 valence electrons. The Morgan fingerprint density at radius 2 is 2.00 bits per heavy atom. The molecule has 5 heteroatoms. The van der Waals surface area contributed by atoms with Crippen molar-refractivity contribution < 1.29 is 18.7 Å². The molecular formula is C22H24FNO3. The molecule has 1 saturated heterocycles. The fourth-order valence-corrected chi connectivity index (χ4v) is 3.62. The number of benzene rings is 2. The van der Waals surface area contributed by atoms with Gasteiger partial charge in [0.25, 0.3) is 0 Å². The van der Waals surface area contributed by atoms with Crippen molar-refractivity contribution in [1.29, 1.82) is 0 Å². The summed E-state index contributed by atoms with van der Waals surface area (Å²) < 4.78 is 18.8. The van der Waals surface area contributed by atoms with Gasteiger partial charge in [0.05, 0.1) is 7.11 Å². The van der Waals surface area contributed by atoms with Crippen molar-refractivity contribution in [1.82, 2.24) is 4.90 Å². The zero-order chi connectivity index (χ0) is 19.4. The Bertz CT molecular complexity index is 849. The van der Waals surface area contributed by atoms with Gasteiger partial charge in [0.1, 0.15) is 0 Å². The number of rotatable bonds is 6. The minimum absolute atomic E-state index is 0.0289. The van der Waals surface area contributed by atoms with E-state index in [1.807, 2.05) is 24.3 Å². The van der Waals surface area contributed by atoms with Crippen molar-refractivity contribution >= 4 is 11.6 Å². The minimum atomic E-state index is -0.517. The van der Waals surface area contributed by atoms with Gasteiger partial charge in [-0.2, -0.15) is 0 Å². The van der Waals surface area contributed by atoms with E-state index < -0.39 is 5.82 Å². The van der Waals surface area contributed by atoms with Crippen LogP contribution < -0.4 is 4.74 Å². The predicted molar refractivity (Wildman–Crippen MR) is 102 cm³/mol. The second kappa shape index (κ2) is 8.44. The van der Waals surface area contributed by atoms with Crippen LogP contribution in [0, 0.1) is 11.7 Å². The van der Waals surface area contributed by atoms with Crippen LogP contribution in [0.25, 0.3) is 0 Å². The highest BCUT2D eigenvalue weighted by molar-refractivity contribution is 5.98. The molecule has 1 atom stereocenters. The Hall–Kier alpha value is -2.53. The van der Waals surface area contributed by atoms with Crippen molar-refractivity contribution in [3.63, 3.8) is 0 Å². The normalized spacial score (nSPS) is 17.5. The lowest BCUT2D eigenvalue weighted by Gasteiger charge is -2.32. The average molecular weight is 369 g/mol. The average Bonchev–Trinajstić information content (AvgIpc) is 2.67. The third-order valence-electron chi connectivity index (χ3n) is 5.05. The third kappa shape index (κ3) is 4.61. The van der Waals surface area contributed by atoms with Gasteiger partial charge in [0, 0.05) is 30.1 Å². The van der Waals surface area contributed by atoms with E-state index in [0.29, 0.717) is 24.2 Å². The molecule has 0 radical (unpaired) electrons. The van der Waals surface area contributed by atoms with Crippen LogP contribution in [0.3, 0.4) is 0 Å². The smallest absolute Gasteiger partial charge is 0.167 e. The summed E-state index contributed by atoms with van der Waals surface area (Å²) in [5, 5.41) is 0. The Balaban J connectivity index is 1.68. The summed E-state index contributed by atoms with van der Waals surface area (Å²) in [6, 6.07) is 12.0. The molecule has 0 saturated carbocycles. The van der Waals surface area contributed by atoms with Crippen LogP contribution in [0.4, 0.5) is 4.39 Å². The van der Waals surface area contributed by atoms with Gasteiger partial charge in [-0.3, -0.25) is 14.5 Å². The predicted octanol–water partition coefficient (Wildman–Crippen LogP) is 4.13. The topological polar surface area (TPSA) is 46.6 Å². The maximum absolute atomic E-state index is 13.9. The molecule has 1 aliphatic heterocycles. The number of methoxy groups -OCH3 is 1. The number of Topliss-reactive ketones (excluding diaryl/α,β-unsaturated/α-hetero) is 2. The Labute approximate surface area is 158 Å². The fraction of sp³-hybridized carbons (Fsp3) is 0.364. The van der Waals surface area contributed by atoms with Crippen LogP contribution >= 0.6 is 0 Å². The summed E-state index contributed by atoms with van der Waals surface area (Å²) in [4.78, 5) is 26.6. The molecular weight excluding hydrogens is 345 g/mol. The van der Waals surface area contributed by atoms with Gasteiger partial charge >= 0.3 is 0 Å². The first-order valence-corrected chi connectivity index (χ1v) is 9.18. The molecule has 1 fully saturated rings. The molecule has 0 amide bonds. The maximum atomic E-state index is 13.9. The van der Waals surface area contributed by atoms with E-state index in [2.05, 4.69) is 4.90 Å². The molecule has 1 aliphatic rings. The van der Waals surface area contributed by atoms with Crippen molar-refractivity contribution in [3.8, 4) is 5.75 Å². The lowest BCUT2D eigenvalue weighted by Crippen LogP contribution is -2.38. The number of ketones is 2. The van der Waals surface area contributed by atoms with Crippen LogP contribution in [-0.2, 0) is 6.54 Å². The Morgan fingerprint density at radius 1 is 1.19 bits per heavy atom. The molecule has 3 rings (SSSR count). The molecule has 2 aromatic rings. The summed E-state index contributed by atoms with van der Waals surface area (Å²) in [7, 11) is 1.40. The molecule has 1 heterocycles. The van der Waals surface area contributed by atoms with E-state index in [-0.39, 0.29) is 23.2 Å². The number of carbonyl (C=O) groups is 2. The minimum Gasteiger partial charge on any atom is -0.494 e. The molecule has 0 bridgehead atoms. The summed E-state index contributed by atoms with van der Waals surface area (Å²) in [6.45, 7) is 3.80. The van der Waals surface area contributed by atoms with Crippen LogP contribution in [0.5, 0.6) is 5.75 Å². The molecule has 2 aromatic carbocycles. The summed E-state index contributed by atoms with van der Waals surface area (Å²) in [5.74, 6) is -0.509. The highest BCUT2D eigenvalue weighted by Crippen LogP contribution is 2.25. The first-order valence-electron chi connectivity index (χ1n) is 9.18. The van der Waals surface area contributed by atoms with E-state index in [1.54, 1.807) is 13.0 Å². The SMILES string of the molecule is COc1ccc(C(=O)C2CCCN(Cc3cccc(C(C)=O)c3)C2)cc1F. The lowest BCUT2D eigenvalue weighted by molar-refractivity contribution is 0.0811. The van der Waals surface area contributed by atoms with Crippen LogP contribution in [-0.4, -0.2) is 36.7 Å². The monoisotopic (exact) mass is 369 g/mol. The van der Waals surface area contributed by atoms with Gasteiger partial charge in [-0.05, 0) is 56.1 Å². The summed E-state index contributed by atoms with van der Waals surface area (Å²) >= 11 is 0. The highest BCUT2D eigenvalue weighted by atomic mass is 19.1.